The Morgan fingerprint density at radius 3 is 2.69 bits per heavy atom. The molecule has 2 atom stereocenters. The summed E-state index contributed by atoms with van der Waals surface area (Å²) in [7, 11) is 0. The molecule has 0 aromatic rings. The Morgan fingerprint density at radius 1 is 1.38 bits per heavy atom. The fraction of sp³-hybridized carbons (Fsp3) is 0.538. The zero-order valence-electron chi connectivity index (χ0n) is 9.01. The monoisotopic (exact) mass is 176 g/mol. The van der Waals surface area contributed by atoms with Crippen molar-refractivity contribution in [3.63, 3.8) is 0 Å². The predicted molar refractivity (Wildman–Crippen MR) is 59.6 cm³/mol. The second-order valence-corrected chi connectivity index (χ2v) is 4.13. The summed E-state index contributed by atoms with van der Waals surface area (Å²) < 4.78 is 0. The van der Waals surface area contributed by atoms with Gasteiger partial charge in [0.25, 0.3) is 0 Å². The lowest BCUT2D eigenvalue weighted by Gasteiger charge is -2.29. The van der Waals surface area contributed by atoms with Crippen molar-refractivity contribution in [2.45, 2.75) is 33.6 Å². The Hall–Kier alpha value is -0.780. The molecular weight excluding hydrogens is 156 g/mol. The van der Waals surface area contributed by atoms with E-state index >= 15 is 0 Å². The van der Waals surface area contributed by atoms with Crippen LogP contribution in [0.4, 0.5) is 0 Å². The smallest absolute Gasteiger partial charge is 0.000542 e. The van der Waals surface area contributed by atoms with Gasteiger partial charge in [0.2, 0.25) is 0 Å². The van der Waals surface area contributed by atoms with E-state index in [1.165, 1.54) is 12.8 Å². The maximum absolute atomic E-state index is 3.71. The number of rotatable bonds is 2. The normalized spacial score (nSPS) is 29.8. The molecule has 0 heteroatoms. The summed E-state index contributed by atoms with van der Waals surface area (Å²) >= 11 is 0. The van der Waals surface area contributed by atoms with Crippen molar-refractivity contribution < 1.29 is 0 Å². The van der Waals surface area contributed by atoms with Crippen molar-refractivity contribution in [3.05, 3.63) is 36.0 Å². The Labute approximate surface area is 82.0 Å². The number of hydrogen-bond donors (Lipinski definition) is 0. The van der Waals surface area contributed by atoms with Crippen LogP contribution < -0.4 is 0 Å². The lowest BCUT2D eigenvalue weighted by molar-refractivity contribution is 0.416. The first kappa shape index (κ1) is 10.3. The average Bonchev–Trinajstić information content (AvgIpc) is 2.12. The molecule has 0 saturated carbocycles. The molecule has 0 heterocycles. The predicted octanol–water partition coefficient (Wildman–Crippen LogP) is 4.11. The highest BCUT2D eigenvalue weighted by Gasteiger charge is 2.21. The fourth-order valence-corrected chi connectivity index (χ4v) is 2.06. The van der Waals surface area contributed by atoms with Crippen molar-refractivity contribution in [1.82, 2.24) is 0 Å². The maximum Gasteiger partial charge on any atom is 0.000542 e. The Bertz CT molecular complexity index is 243. The van der Waals surface area contributed by atoms with Crippen molar-refractivity contribution in [2.75, 3.05) is 0 Å². The SMILES string of the molecule is C=C/C=C\C1C(C)=C(C)CCC1C. The van der Waals surface area contributed by atoms with Gasteiger partial charge in [-0.1, -0.05) is 42.9 Å². The van der Waals surface area contributed by atoms with Gasteiger partial charge in [-0.05, 0) is 32.6 Å². The van der Waals surface area contributed by atoms with Crippen LogP contribution in [0.2, 0.25) is 0 Å². The molecule has 0 fully saturated rings. The van der Waals surface area contributed by atoms with Gasteiger partial charge >= 0.3 is 0 Å². The summed E-state index contributed by atoms with van der Waals surface area (Å²) in [6.45, 7) is 10.6. The molecule has 1 rings (SSSR count). The molecule has 0 amide bonds. The highest BCUT2D eigenvalue weighted by Crippen LogP contribution is 2.34. The second kappa shape index (κ2) is 4.45. The van der Waals surface area contributed by atoms with Gasteiger partial charge < -0.3 is 0 Å². The molecule has 0 nitrogen and oxygen atoms in total. The van der Waals surface area contributed by atoms with E-state index in [4.69, 9.17) is 0 Å². The van der Waals surface area contributed by atoms with Crippen molar-refractivity contribution in [1.29, 1.82) is 0 Å². The molecule has 0 aromatic heterocycles. The maximum atomic E-state index is 3.71. The third-order valence-electron chi connectivity index (χ3n) is 3.22. The molecule has 0 N–H and O–H groups in total. The zero-order valence-corrected chi connectivity index (χ0v) is 9.01. The van der Waals surface area contributed by atoms with Gasteiger partial charge in [-0.25, -0.2) is 0 Å². The van der Waals surface area contributed by atoms with Crippen LogP contribution in [-0.2, 0) is 0 Å². The van der Waals surface area contributed by atoms with Crippen LogP contribution in [-0.4, -0.2) is 0 Å². The molecule has 0 radical (unpaired) electrons. The van der Waals surface area contributed by atoms with E-state index in [1.54, 1.807) is 11.1 Å². The molecule has 0 aromatic carbocycles. The van der Waals surface area contributed by atoms with Gasteiger partial charge in [-0.2, -0.15) is 0 Å². The molecule has 72 valence electrons. The summed E-state index contributed by atoms with van der Waals surface area (Å²) in [5.74, 6) is 1.44. The average molecular weight is 176 g/mol. The Balaban J connectivity index is 2.84. The van der Waals surface area contributed by atoms with Crippen LogP contribution in [0.15, 0.2) is 36.0 Å². The molecule has 0 aliphatic heterocycles. The van der Waals surface area contributed by atoms with E-state index < -0.39 is 0 Å². The van der Waals surface area contributed by atoms with Gasteiger partial charge in [0.05, 0.1) is 0 Å². The minimum absolute atomic E-state index is 0.645. The van der Waals surface area contributed by atoms with Crippen LogP contribution >= 0.6 is 0 Å². The minimum Gasteiger partial charge on any atom is -0.0991 e. The number of allylic oxidation sites excluding steroid dienone is 5. The third-order valence-corrected chi connectivity index (χ3v) is 3.22. The molecule has 0 spiro atoms. The standard InChI is InChI=1S/C13H20/c1-5-6-7-13-11(3)9-8-10(2)12(13)4/h5-7,11,13H,1,8-9H2,2-4H3/b7-6-. The molecule has 13 heavy (non-hydrogen) atoms. The first-order valence-electron chi connectivity index (χ1n) is 5.12. The molecule has 0 bridgehead atoms. The van der Waals surface area contributed by atoms with Crippen LogP contribution in [0.25, 0.3) is 0 Å². The molecule has 2 unspecified atom stereocenters. The molecule has 1 aliphatic rings. The Morgan fingerprint density at radius 2 is 2.08 bits per heavy atom. The first-order valence-corrected chi connectivity index (χ1v) is 5.12. The van der Waals surface area contributed by atoms with E-state index in [0.29, 0.717) is 5.92 Å². The van der Waals surface area contributed by atoms with E-state index in [9.17, 15) is 0 Å². The lowest BCUT2D eigenvalue weighted by atomic mass is 9.77. The van der Waals surface area contributed by atoms with Gasteiger partial charge in [-0.3, -0.25) is 0 Å². The van der Waals surface area contributed by atoms with Crippen LogP contribution in [0, 0.1) is 11.8 Å². The van der Waals surface area contributed by atoms with Crippen molar-refractivity contribution in [3.8, 4) is 0 Å². The van der Waals surface area contributed by atoms with Gasteiger partial charge in [0.15, 0.2) is 0 Å². The summed E-state index contributed by atoms with van der Waals surface area (Å²) in [5, 5.41) is 0. The summed E-state index contributed by atoms with van der Waals surface area (Å²) in [6, 6.07) is 0. The van der Waals surface area contributed by atoms with Crippen molar-refractivity contribution >= 4 is 0 Å². The number of hydrogen-bond acceptors (Lipinski definition) is 0. The van der Waals surface area contributed by atoms with E-state index in [-0.39, 0.29) is 0 Å². The van der Waals surface area contributed by atoms with E-state index in [0.717, 1.165) is 5.92 Å². The summed E-state index contributed by atoms with van der Waals surface area (Å²) in [4.78, 5) is 0. The minimum atomic E-state index is 0.645. The quantitative estimate of drug-likeness (QED) is 0.439. The van der Waals surface area contributed by atoms with E-state index in [1.807, 2.05) is 6.08 Å². The third kappa shape index (κ3) is 2.33. The van der Waals surface area contributed by atoms with Gasteiger partial charge in [0, 0.05) is 5.92 Å². The summed E-state index contributed by atoms with van der Waals surface area (Å²) in [6.07, 6.45) is 8.84. The van der Waals surface area contributed by atoms with Gasteiger partial charge in [0.1, 0.15) is 0 Å². The topological polar surface area (TPSA) is 0 Å². The van der Waals surface area contributed by atoms with Crippen molar-refractivity contribution in [2.24, 2.45) is 11.8 Å². The highest BCUT2D eigenvalue weighted by molar-refractivity contribution is 5.23. The van der Waals surface area contributed by atoms with Crippen LogP contribution in [0.1, 0.15) is 33.6 Å². The molecule has 0 saturated heterocycles. The molecule has 1 aliphatic carbocycles. The molecular formula is C13H20. The highest BCUT2D eigenvalue weighted by atomic mass is 14.3. The fourth-order valence-electron chi connectivity index (χ4n) is 2.06. The largest absolute Gasteiger partial charge is 0.0991 e. The van der Waals surface area contributed by atoms with Gasteiger partial charge in [-0.15, -0.1) is 0 Å². The van der Waals surface area contributed by atoms with E-state index in [2.05, 4.69) is 39.5 Å². The Kier molecular flexibility index (Phi) is 3.53. The second-order valence-electron chi connectivity index (χ2n) is 4.13. The van der Waals surface area contributed by atoms with Crippen LogP contribution in [0.5, 0.6) is 0 Å². The first-order chi connectivity index (χ1) is 6.16. The zero-order chi connectivity index (χ0) is 9.84. The summed E-state index contributed by atoms with van der Waals surface area (Å²) in [5.41, 5.74) is 3.15. The lowest BCUT2D eigenvalue weighted by Crippen LogP contribution is -2.16. The van der Waals surface area contributed by atoms with Crippen LogP contribution in [0.3, 0.4) is 0 Å².